The van der Waals surface area contributed by atoms with Gasteiger partial charge in [-0.25, -0.2) is 9.97 Å². The van der Waals surface area contributed by atoms with Crippen molar-refractivity contribution in [1.29, 1.82) is 0 Å². The van der Waals surface area contributed by atoms with Crippen LogP contribution < -0.4 is 16.0 Å². The maximum absolute atomic E-state index is 12.0. The van der Waals surface area contributed by atoms with Gasteiger partial charge in [-0.3, -0.25) is 9.89 Å². The van der Waals surface area contributed by atoms with Gasteiger partial charge in [0.05, 0.1) is 12.3 Å². The van der Waals surface area contributed by atoms with Crippen LogP contribution in [-0.4, -0.2) is 43.3 Å². The van der Waals surface area contributed by atoms with Crippen LogP contribution in [0.2, 0.25) is 5.02 Å². The van der Waals surface area contributed by atoms with Crippen molar-refractivity contribution >= 4 is 40.6 Å². The number of carbonyl (C=O) groups is 1. The van der Waals surface area contributed by atoms with Gasteiger partial charge in [0.25, 0.3) is 5.91 Å². The third-order valence-electron chi connectivity index (χ3n) is 5.32. The molecule has 1 saturated carbocycles. The van der Waals surface area contributed by atoms with Crippen molar-refractivity contribution in [3.63, 3.8) is 0 Å². The van der Waals surface area contributed by atoms with Crippen molar-refractivity contribution in [2.45, 2.75) is 44.8 Å². The Morgan fingerprint density at radius 1 is 1.23 bits per heavy atom. The SMILES string of the molecule is Cc1cc(N(c2cnc(C(N)=O)c(Nc3ccc(Cl)cc3)n2)C2CCC(O)CC2)n[nH]1. The van der Waals surface area contributed by atoms with Crippen LogP contribution in [0.5, 0.6) is 0 Å². The van der Waals surface area contributed by atoms with Crippen molar-refractivity contribution in [1.82, 2.24) is 20.2 Å². The molecule has 2 aromatic heterocycles. The number of aromatic nitrogens is 4. The van der Waals surface area contributed by atoms with E-state index in [0.29, 0.717) is 35.2 Å². The highest BCUT2D eigenvalue weighted by Crippen LogP contribution is 2.33. The Morgan fingerprint density at radius 2 is 1.94 bits per heavy atom. The normalized spacial score (nSPS) is 18.5. The maximum atomic E-state index is 12.0. The van der Waals surface area contributed by atoms with Gasteiger partial charge in [0.1, 0.15) is 0 Å². The summed E-state index contributed by atoms with van der Waals surface area (Å²) < 4.78 is 0. The van der Waals surface area contributed by atoms with Crippen molar-refractivity contribution in [3.05, 3.63) is 52.9 Å². The monoisotopic (exact) mass is 441 g/mol. The zero-order valence-corrected chi connectivity index (χ0v) is 17.8. The molecular formula is C21H24ClN7O2. The largest absolute Gasteiger partial charge is 0.393 e. The summed E-state index contributed by atoms with van der Waals surface area (Å²) in [5, 5.41) is 21.0. The average molecular weight is 442 g/mol. The zero-order valence-electron chi connectivity index (χ0n) is 17.0. The third kappa shape index (κ3) is 4.78. The van der Waals surface area contributed by atoms with E-state index in [9.17, 15) is 9.90 Å². The lowest BCUT2D eigenvalue weighted by molar-refractivity contribution is 0.0996. The number of aliphatic hydroxyl groups is 1. The standard InChI is InChI=1S/C21H24ClN7O2/c1-12-10-17(28-27-12)29(15-6-8-16(30)9-7-15)18-11-24-19(20(23)31)21(26-18)25-14-4-2-13(22)3-5-14/h2-5,10-11,15-16,30H,6-9H2,1H3,(H2,23,31)(H,25,26)(H,27,28). The van der Waals surface area contributed by atoms with Gasteiger partial charge in [0, 0.05) is 28.5 Å². The van der Waals surface area contributed by atoms with Crippen LogP contribution >= 0.6 is 11.6 Å². The number of nitrogens with zero attached hydrogens (tertiary/aromatic N) is 4. The molecule has 0 saturated heterocycles. The molecule has 0 unspecified atom stereocenters. The molecule has 31 heavy (non-hydrogen) atoms. The maximum Gasteiger partial charge on any atom is 0.271 e. The number of H-pyrrole nitrogens is 1. The summed E-state index contributed by atoms with van der Waals surface area (Å²) in [6.45, 7) is 1.93. The Morgan fingerprint density at radius 3 is 2.55 bits per heavy atom. The molecule has 2 heterocycles. The van der Waals surface area contributed by atoms with E-state index in [1.807, 2.05) is 17.9 Å². The van der Waals surface area contributed by atoms with Crippen LogP contribution in [0.15, 0.2) is 36.5 Å². The van der Waals surface area contributed by atoms with Gasteiger partial charge in [-0.15, -0.1) is 0 Å². The molecule has 1 aliphatic rings. The predicted octanol–water partition coefficient (Wildman–Crippen LogP) is 3.45. The van der Waals surface area contributed by atoms with Gasteiger partial charge in [-0.05, 0) is 56.9 Å². The van der Waals surface area contributed by atoms with Gasteiger partial charge in [0.2, 0.25) is 0 Å². The summed E-state index contributed by atoms with van der Waals surface area (Å²) in [7, 11) is 0. The average Bonchev–Trinajstić information content (AvgIpc) is 3.17. The summed E-state index contributed by atoms with van der Waals surface area (Å²) in [6, 6.07) is 9.04. The molecule has 0 radical (unpaired) electrons. The minimum absolute atomic E-state index is 0.0379. The first-order chi connectivity index (χ1) is 14.9. The number of halogens is 1. The van der Waals surface area contributed by atoms with E-state index in [1.54, 1.807) is 24.3 Å². The molecule has 9 nitrogen and oxygen atoms in total. The van der Waals surface area contributed by atoms with Crippen LogP contribution in [0.25, 0.3) is 0 Å². The highest BCUT2D eigenvalue weighted by molar-refractivity contribution is 6.30. The van der Waals surface area contributed by atoms with E-state index in [0.717, 1.165) is 18.5 Å². The number of anilines is 4. The lowest BCUT2D eigenvalue weighted by atomic mass is 9.92. The number of hydrogen-bond acceptors (Lipinski definition) is 7. The molecule has 0 aliphatic heterocycles. The van der Waals surface area contributed by atoms with E-state index < -0.39 is 5.91 Å². The molecule has 1 aromatic carbocycles. The Balaban J connectivity index is 1.73. The molecule has 0 atom stereocenters. The second kappa shape index (κ2) is 8.91. The van der Waals surface area contributed by atoms with Crippen LogP contribution in [-0.2, 0) is 0 Å². The van der Waals surface area contributed by atoms with Gasteiger partial charge >= 0.3 is 0 Å². The number of aliphatic hydroxyl groups excluding tert-OH is 1. The number of rotatable bonds is 6. The van der Waals surface area contributed by atoms with Crippen molar-refractivity contribution < 1.29 is 9.90 Å². The molecule has 4 rings (SSSR count). The Hall–Kier alpha value is -3.17. The fourth-order valence-corrected chi connectivity index (χ4v) is 3.89. The second-order valence-electron chi connectivity index (χ2n) is 7.66. The third-order valence-corrected chi connectivity index (χ3v) is 5.57. The van der Waals surface area contributed by atoms with Crippen LogP contribution in [0.1, 0.15) is 41.9 Å². The van der Waals surface area contributed by atoms with Gasteiger partial charge in [0.15, 0.2) is 23.1 Å². The topological polar surface area (TPSA) is 133 Å². The first-order valence-electron chi connectivity index (χ1n) is 10.1. The first kappa shape index (κ1) is 21.1. The highest BCUT2D eigenvalue weighted by atomic mass is 35.5. The Bertz CT molecular complexity index is 1060. The lowest BCUT2D eigenvalue weighted by Gasteiger charge is -2.35. The minimum Gasteiger partial charge on any atom is -0.393 e. The second-order valence-corrected chi connectivity index (χ2v) is 8.10. The smallest absolute Gasteiger partial charge is 0.271 e. The number of amides is 1. The molecule has 1 fully saturated rings. The van der Waals surface area contributed by atoms with Crippen LogP contribution in [0, 0.1) is 6.92 Å². The van der Waals surface area contributed by atoms with Crippen molar-refractivity contribution in [2.24, 2.45) is 5.73 Å². The van der Waals surface area contributed by atoms with E-state index in [2.05, 4.69) is 20.5 Å². The van der Waals surface area contributed by atoms with E-state index in [1.165, 1.54) is 6.20 Å². The number of aromatic amines is 1. The zero-order chi connectivity index (χ0) is 22.0. The summed E-state index contributed by atoms with van der Waals surface area (Å²) in [5.74, 6) is 0.811. The lowest BCUT2D eigenvalue weighted by Crippen LogP contribution is -2.37. The predicted molar refractivity (Wildman–Crippen MR) is 119 cm³/mol. The number of primary amides is 1. The highest BCUT2D eigenvalue weighted by Gasteiger charge is 2.29. The number of hydrogen-bond donors (Lipinski definition) is 4. The van der Waals surface area contributed by atoms with Gasteiger partial charge in [-0.1, -0.05) is 11.6 Å². The van der Waals surface area contributed by atoms with E-state index in [4.69, 9.17) is 22.3 Å². The molecule has 1 amide bonds. The Labute approximate surface area is 184 Å². The number of carbonyl (C=O) groups excluding carboxylic acids is 1. The molecule has 5 N–H and O–H groups in total. The van der Waals surface area contributed by atoms with Gasteiger partial charge < -0.3 is 21.1 Å². The fourth-order valence-electron chi connectivity index (χ4n) is 3.77. The summed E-state index contributed by atoms with van der Waals surface area (Å²) >= 11 is 5.96. The van der Waals surface area contributed by atoms with Crippen LogP contribution in [0.4, 0.5) is 23.1 Å². The molecule has 3 aromatic rings. The molecular weight excluding hydrogens is 418 g/mol. The fraction of sp³-hybridized carbons (Fsp3) is 0.333. The number of benzene rings is 1. The summed E-state index contributed by atoms with van der Waals surface area (Å²) in [6.07, 6.45) is 4.21. The Kier molecular flexibility index (Phi) is 6.06. The summed E-state index contributed by atoms with van der Waals surface area (Å²) in [5.41, 5.74) is 7.18. The van der Waals surface area contributed by atoms with Crippen molar-refractivity contribution in [3.8, 4) is 0 Å². The quantitative estimate of drug-likeness (QED) is 0.460. The van der Waals surface area contributed by atoms with E-state index in [-0.39, 0.29) is 23.7 Å². The molecule has 162 valence electrons. The van der Waals surface area contributed by atoms with Gasteiger partial charge in [-0.2, -0.15) is 5.10 Å². The molecule has 0 bridgehead atoms. The first-order valence-corrected chi connectivity index (χ1v) is 10.5. The minimum atomic E-state index is -0.682. The van der Waals surface area contributed by atoms with E-state index >= 15 is 0 Å². The number of nitrogens with one attached hydrogen (secondary N) is 2. The molecule has 0 spiro atoms. The van der Waals surface area contributed by atoms with Crippen LogP contribution in [0.3, 0.4) is 0 Å². The van der Waals surface area contributed by atoms with Crippen molar-refractivity contribution in [2.75, 3.05) is 10.2 Å². The molecule has 1 aliphatic carbocycles. The molecule has 10 heteroatoms. The summed E-state index contributed by atoms with van der Waals surface area (Å²) in [4.78, 5) is 23.0. The number of nitrogens with two attached hydrogens (primary N) is 1. The number of aryl methyl sites for hydroxylation is 1.